The minimum Gasteiger partial charge on any atom is -0.369 e. The molecule has 0 aliphatic carbocycles. The van der Waals surface area contributed by atoms with Crippen LogP contribution in [0.5, 0.6) is 0 Å². The van der Waals surface area contributed by atoms with Crippen LogP contribution in [0.25, 0.3) is 0 Å². The van der Waals surface area contributed by atoms with Crippen molar-refractivity contribution in [1.82, 2.24) is 4.90 Å². The topological polar surface area (TPSA) is 99.2 Å². The highest BCUT2D eigenvalue weighted by atomic mass is 16.2. The molecule has 0 aliphatic heterocycles. The van der Waals surface area contributed by atoms with Crippen LogP contribution in [-0.4, -0.2) is 29.8 Å². The van der Waals surface area contributed by atoms with Gasteiger partial charge in [-0.2, -0.15) is 5.26 Å². The van der Waals surface area contributed by atoms with Crippen LogP contribution in [0, 0.1) is 11.3 Å². The Morgan fingerprint density at radius 2 is 1.89 bits per heavy atom. The third-order valence-corrected chi connectivity index (χ3v) is 4.53. The molecular weight excluding hydrogens is 352 g/mol. The minimum absolute atomic E-state index is 0.0115. The molecule has 0 spiro atoms. The van der Waals surface area contributed by atoms with Crippen LogP contribution in [0.3, 0.4) is 0 Å². The van der Waals surface area contributed by atoms with E-state index in [1.807, 2.05) is 25.1 Å². The Bertz CT molecular complexity index is 856. The molecule has 2 amide bonds. The maximum Gasteiger partial charge on any atom is 0.238 e. The average Bonchev–Trinajstić information content (AvgIpc) is 2.67. The fraction of sp³-hybridized carbons (Fsp3) is 0.318. The van der Waals surface area contributed by atoms with Crippen molar-refractivity contribution in [2.45, 2.75) is 32.7 Å². The largest absolute Gasteiger partial charge is 0.369 e. The quantitative estimate of drug-likeness (QED) is 0.700. The molecule has 0 fully saturated rings. The van der Waals surface area contributed by atoms with Crippen molar-refractivity contribution in [3.8, 4) is 6.07 Å². The number of amides is 2. The first-order valence-electron chi connectivity index (χ1n) is 9.34. The van der Waals surface area contributed by atoms with Gasteiger partial charge in [0, 0.05) is 11.7 Å². The summed E-state index contributed by atoms with van der Waals surface area (Å²) in [6, 6.07) is 16.8. The Kier molecular flexibility index (Phi) is 7.73. The molecule has 2 rings (SSSR count). The number of aryl methyl sites for hydroxylation is 1. The van der Waals surface area contributed by atoms with Gasteiger partial charge in [-0.15, -0.1) is 0 Å². The molecule has 2 aromatic carbocycles. The lowest BCUT2D eigenvalue weighted by molar-refractivity contribution is -0.122. The lowest BCUT2D eigenvalue weighted by atomic mass is 10.0. The lowest BCUT2D eigenvalue weighted by Gasteiger charge is -2.27. The normalized spacial score (nSPS) is 11.6. The highest BCUT2D eigenvalue weighted by Gasteiger charge is 2.21. The third kappa shape index (κ3) is 6.22. The Hall–Kier alpha value is -3.17. The minimum atomic E-state index is -0.492. The smallest absolute Gasteiger partial charge is 0.238 e. The van der Waals surface area contributed by atoms with E-state index < -0.39 is 5.91 Å². The van der Waals surface area contributed by atoms with Crippen molar-refractivity contribution in [3.63, 3.8) is 0 Å². The molecule has 28 heavy (non-hydrogen) atoms. The first kappa shape index (κ1) is 21.1. The SMILES string of the molecule is CCCc1ccc(C(C)N(CC(N)=O)CC(=O)Nc2cccc(C#N)c2)cc1. The van der Waals surface area contributed by atoms with Gasteiger partial charge in [-0.25, -0.2) is 0 Å². The number of primary amides is 1. The van der Waals surface area contributed by atoms with Gasteiger partial charge in [0.25, 0.3) is 0 Å². The zero-order chi connectivity index (χ0) is 20.5. The Morgan fingerprint density at radius 1 is 1.18 bits per heavy atom. The second-order valence-electron chi connectivity index (χ2n) is 6.78. The van der Waals surface area contributed by atoms with E-state index >= 15 is 0 Å². The van der Waals surface area contributed by atoms with Crippen molar-refractivity contribution < 1.29 is 9.59 Å². The summed E-state index contributed by atoms with van der Waals surface area (Å²) in [6.07, 6.45) is 2.10. The number of anilines is 1. The second-order valence-corrected chi connectivity index (χ2v) is 6.78. The summed E-state index contributed by atoms with van der Waals surface area (Å²) >= 11 is 0. The fourth-order valence-corrected chi connectivity index (χ4v) is 3.04. The molecule has 3 N–H and O–H groups in total. The van der Waals surface area contributed by atoms with Gasteiger partial charge in [0.15, 0.2) is 0 Å². The van der Waals surface area contributed by atoms with E-state index in [0.29, 0.717) is 11.3 Å². The predicted octanol–water partition coefficient (Wildman–Crippen LogP) is 3.00. The van der Waals surface area contributed by atoms with Gasteiger partial charge in [-0.05, 0) is 42.7 Å². The Morgan fingerprint density at radius 3 is 2.50 bits per heavy atom. The molecule has 0 heterocycles. The number of nitrogens with zero attached hydrogens (tertiary/aromatic N) is 2. The molecular formula is C22H26N4O2. The number of nitrogens with one attached hydrogen (secondary N) is 1. The van der Waals surface area contributed by atoms with E-state index in [0.717, 1.165) is 18.4 Å². The van der Waals surface area contributed by atoms with Crippen LogP contribution in [0.2, 0.25) is 0 Å². The maximum atomic E-state index is 12.5. The van der Waals surface area contributed by atoms with E-state index in [2.05, 4.69) is 24.4 Å². The number of hydrogen-bond donors (Lipinski definition) is 2. The lowest BCUT2D eigenvalue weighted by Crippen LogP contribution is -2.40. The zero-order valence-electron chi connectivity index (χ0n) is 16.3. The molecule has 0 saturated carbocycles. The summed E-state index contributed by atoms with van der Waals surface area (Å²) in [4.78, 5) is 25.7. The van der Waals surface area contributed by atoms with Gasteiger partial charge in [0.05, 0.1) is 24.7 Å². The standard InChI is InChI=1S/C22H26N4O2/c1-3-5-17-8-10-19(11-9-17)16(2)26(14-21(24)27)15-22(28)25-20-7-4-6-18(12-20)13-23/h4,6-12,16H,3,5,14-15H2,1-2H3,(H2,24,27)(H,25,28). The molecule has 0 saturated heterocycles. The van der Waals surface area contributed by atoms with Crippen LogP contribution in [0.1, 0.15) is 43.0 Å². The van der Waals surface area contributed by atoms with Crippen molar-refractivity contribution in [2.75, 3.05) is 18.4 Å². The van der Waals surface area contributed by atoms with E-state index in [1.54, 1.807) is 29.2 Å². The molecule has 0 aliphatic rings. The van der Waals surface area contributed by atoms with Gasteiger partial charge in [-0.1, -0.05) is 43.7 Å². The summed E-state index contributed by atoms with van der Waals surface area (Å²) in [6.45, 7) is 4.07. The molecule has 1 unspecified atom stereocenters. The molecule has 146 valence electrons. The van der Waals surface area contributed by atoms with Crippen LogP contribution in [-0.2, 0) is 16.0 Å². The second kappa shape index (κ2) is 10.2. The summed E-state index contributed by atoms with van der Waals surface area (Å²) in [5.74, 6) is -0.764. The van der Waals surface area contributed by atoms with E-state index in [4.69, 9.17) is 11.0 Å². The molecule has 0 bridgehead atoms. The molecule has 2 aromatic rings. The van der Waals surface area contributed by atoms with Crippen molar-refractivity contribution in [1.29, 1.82) is 5.26 Å². The Labute approximate surface area is 166 Å². The number of carbonyl (C=O) groups is 2. The summed E-state index contributed by atoms with van der Waals surface area (Å²) in [7, 11) is 0. The van der Waals surface area contributed by atoms with Gasteiger partial charge in [0.2, 0.25) is 11.8 Å². The number of rotatable bonds is 9. The number of benzene rings is 2. The van der Waals surface area contributed by atoms with E-state index in [1.165, 1.54) is 5.56 Å². The van der Waals surface area contributed by atoms with Crippen molar-refractivity contribution in [3.05, 3.63) is 65.2 Å². The highest BCUT2D eigenvalue weighted by Crippen LogP contribution is 2.21. The van der Waals surface area contributed by atoms with Crippen LogP contribution < -0.4 is 11.1 Å². The van der Waals surface area contributed by atoms with Crippen LogP contribution in [0.4, 0.5) is 5.69 Å². The van der Waals surface area contributed by atoms with Crippen molar-refractivity contribution in [2.24, 2.45) is 5.73 Å². The fourth-order valence-electron chi connectivity index (χ4n) is 3.04. The van der Waals surface area contributed by atoms with E-state index in [9.17, 15) is 9.59 Å². The molecule has 1 atom stereocenters. The summed E-state index contributed by atoms with van der Waals surface area (Å²) < 4.78 is 0. The molecule has 6 heteroatoms. The number of nitrogens with two attached hydrogens (primary N) is 1. The van der Waals surface area contributed by atoms with Crippen LogP contribution >= 0.6 is 0 Å². The average molecular weight is 378 g/mol. The summed E-state index contributed by atoms with van der Waals surface area (Å²) in [5, 5.41) is 11.7. The zero-order valence-corrected chi connectivity index (χ0v) is 16.3. The maximum absolute atomic E-state index is 12.5. The number of hydrogen-bond acceptors (Lipinski definition) is 4. The Balaban J connectivity index is 2.10. The van der Waals surface area contributed by atoms with Crippen LogP contribution in [0.15, 0.2) is 48.5 Å². The van der Waals surface area contributed by atoms with Gasteiger partial charge in [-0.3, -0.25) is 14.5 Å². The summed E-state index contributed by atoms with van der Waals surface area (Å²) in [5.41, 5.74) is 8.67. The first-order chi connectivity index (χ1) is 13.4. The third-order valence-electron chi connectivity index (χ3n) is 4.53. The molecule has 6 nitrogen and oxygen atoms in total. The van der Waals surface area contributed by atoms with E-state index in [-0.39, 0.29) is 25.0 Å². The predicted molar refractivity (Wildman–Crippen MR) is 109 cm³/mol. The van der Waals surface area contributed by atoms with Crippen molar-refractivity contribution >= 4 is 17.5 Å². The van der Waals surface area contributed by atoms with Gasteiger partial charge < -0.3 is 11.1 Å². The number of carbonyl (C=O) groups excluding carboxylic acids is 2. The van der Waals surface area contributed by atoms with Gasteiger partial charge in [0.1, 0.15) is 0 Å². The molecule has 0 aromatic heterocycles. The first-order valence-corrected chi connectivity index (χ1v) is 9.34. The monoisotopic (exact) mass is 378 g/mol. The van der Waals surface area contributed by atoms with Gasteiger partial charge >= 0.3 is 0 Å². The molecule has 0 radical (unpaired) electrons. The number of nitriles is 1. The highest BCUT2D eigenvalue weighted by molar-refractivity contribution is 5.92.